The van der Waals surface area contributed by atoms with E-state index in [2.05, 4.69) is 10.2 Å². The zero-order valence-corrected chi connectivity index (χ0v) is 15.4. The largest absolute Gasteiger partial charge is 0.506 e. The highest BCUT2D eigenvalue weighted by Gasteiger charge is 2.20. The van der Waals surface area contributed by atoms with Gasteiger partial charge in [-0.2, -0.15) is 8.42 Å². The number of phenolic OH excluding ortho intramolecular Hbond substituents is 1. The van der Waals surface area contributed by atoms with Crippen molar-refractivity contribution < 1.29 is 23.0 Å². The van der Waals surface area contributed by atoms with E-state index >= 15 is 0 Å². The minimum Gasteiger partial charge on any atom is -0.506 e. The first-order valence-electron chi connectivity index (χ1n) is 8.13. The predicted molar refractivity (Wildman–Crippen MR) is 102 cm³/mol. The molecule has 2 N–H and O–H groups in total. The van der Waals surface area contributed by atoms with Crippen molar-refractivity contribution in [2.75, 3.05) is 0 Å². The normalized spacial score (nSPS) is 11.9. The summed E-state index contributed by atoms with van der Waals surface area (Å²) in [4.78, 5) is 10.2. The summed E-state index contributed by atoms with van der Waals surface area (Å²) in [6.45, 7) is 1.88. The van der Waals surface area contributed by atoms with Gasteiger partial charge in [0.05, 0.1) is 4.92 Å². The van der Waals surface area contributed by atoms with Crippen LogP contribution in [0, 0.1) is 10.1 Å². The lowest BCUT2D eigenvalue weighted by Gasteiger charge is -2.08. The van der Waals surface area contributed by atoms with E-state index in [1.165, 1.54) is 24.3 Å². The summed E-state index contributed by atoms with van der Waals surface area (Å²) in [5.41, 5.74) is 0.501. The van der Waals surface area contributed by atoms with Crippen LogP contribution in [0.2, 0.25) is 0 Å². The topological polar surface area (TPSA) is 142 Å². The summed E-state index contributed by atoms with van der Waals surface area (Å²) in [6.07, 6.45) is 0.637. The molecule has 0 aliphatic heterocycles. The fraction of sp³-hybridized carbons (Fsp3) is 0.111. The van der Waals surface area contributed by atoms with E-state index in [1.807, 2.05) is 6.92 Å². The third-order valence-corrected chi connectivity index (χ3v) is 5.03. The molecule has 0 aromatic heterocycles. The van der Waals surface area contributed by atoms with Crippen LogP contribution in [0.5, 0.6) is 5.75 Å². The molecule has 0 heterocycles. The van der Waals surface area contributed by atoms with Crippen LogP contribution in [0.15, 0.2) is 63.7 Å². The molecule has 0 radical (unpaired) electrons. The number of hydrogen-bond acceptors (Lipinski definition) is 7. The Balaban J connectivity index is 2.22. The van der Waals surface area contributed by atoms with Crippen LogP contribution < -0.4 is 0 Å². The molecule has 28 heavy (non-hydrogen) atoms. The summed E-state index contributed by atoms with van der Waals surface area (Å²) in [5.74, 6) is -0.538. The SMILES string of the molecule is CCc1ccc([N+](=O)[O-])c(N=Nc2c(O)cc(S(=O)(=O)O)c3ccccc23)c1. The van der Waals surface area contributed by atoms with E-state index in [0.717, 1.165) is 11.6 Å². The third-order valence-electron chi connectivity index (χ3n) is 4.14. The summed E-state index contributed by atoms with van der Waals surface area (Å²) < 4.78 is 32.6. The van der Waals surface area contributed by atoms with Gasteiger partial charge in [0.2, 0.25) is 0 Å². The van der Waals surface area contributed by atoms with E-state index < -0.39 is 25.7 Å². The molecule has 0 spiro atoms. The minimum atomic E-state index is -4.58. The van der Waals surface area contributed by atoms with Crippen molar-refractivity contribution in [3.05, 3.63) is 64.2 Å². The Morgan fingerprint density at radius 3 is 2.36 bits per heavy atom. The van der Waals surface area contributed by atoms with Crippen LogP contribution in [0.3, 0.4) is 0 Å². The van der Waals surface area contributed by atoms with Crippen molar-refractivity contribution in [3.8, 4) is 5.75 Å². The molecule has 3 aromatic carbocycles. The average molecular weight is 401 g/mol. The second-order valence-electron chi connectivity index (χ2n) is 5.90. The van der Waals surface area contributed by atoms with Crippen LogP contribution >= 0.6 is 0 Å². The molecule has 0 saturated carbocycles. The van der Waals surface area contributed by atoms with Gasteiger partial charge >= 0.3 is 0 Å². The number of nitro groups is 1. The molecular formula is C18H15N3O6S. The van der Waals surface area contributed by atoms with Crippen molar-refractivity contribution >= 4 is 38.0 Å². The van der Waals surface area contributed by atoms with E-state index in [4.69, 9.17) is 0 Å². The molecule has 10 heteroatoms. The highest BCUT2D eigenvalue weighted by atomic mass is 32.2. The zero-order chi connectivity index (χ0) is 20.5. The second-order valence-corrected chi connectivity index (χ2v) is 7.29. The molecule has 0 amide bonds. The van der Waals surface area contributed by atoms with Gasteiger partial charge in [-0.05, 0) is 18.1 Å². The average Bonchev–Trinajstić information content (AvgIpc) is 2.65. The fourth-order valence-electron chi connectivity index (χ4n) is 2.76. The number of hydrogen-bond donors (Lipinski definition) is 2. The Morgan fingerprint density at radius 1 is 1.07 bits per heavy atom. The van der Waals surface area contributed by atoms with Crippen LogP contribution in [0.25, 0.3) is 10.8 Å². The summed E-state index contributed by atoms with van der Waals surface area (Å²) in [5, 5.41) is 29.7. The highest BCUT2D eigenvalue weighted by Crippen LogP contribution is 2.40. The molecule has 0 bridgehead atoms. The van der Waals surface area contributed by atoms with Gasteiger partial charge in [0, 0.05) is 22.9 Å². The number of fused-ring (bicyclic) bond motifs is 1. The van der Waals surface area contributed by atoms with Crippen molar-refractivity contribution in [1.82, 2.24) is 0 Å². The first kappa shape index (κ1) is 19.4. The summed E-state index contributed by atoms with van der Waals surface area (Å²) in [7, 11) is -4.58. The number of aryl methyl sites for hydroxylation is 1. The molecule has 0 aliphatic rings. The Hall–Kier alpha value is -3.37. The number of azo groups is 1. The molecule has 0 atom stereocenters. The Labute approximate surface area is 159 Å². The zero-order valence-electron chi connectivity index (χ0n) is 14.6. The number of aromatic hydroxyl groups is 1. The first-order chi connectivity index (χ1) is 13.2. The van der Waals surface area contributed by atoms with Crippen molar-refractivity contribution in [3.63, 3.8) is 0 Å². The Kier molecular flexibility index (Phi) is 5.08. The standard InChI is InChI=1S/C18H15N3O6S/c1-2-11-7-8-15(21(23)24)14(9-11)19-20-18-13-6-4-3-5-12(13)17(10-16(18)22)28(25,26)27/h3-10,22H,2H2,1H3,(H,25,26,27). The maximum atomic E-state index is 11.6. The van der Waals surface area contributed by atoms with E-state index in [1.54, 1.807) is 18.2 Å². The number of benzene rings is 3. The van der Waals surface area contributed by atoms with Gasteiger partial charge in [0.1, 0.15) is 16.3 Å². The van der Waals surface area contributed by atoms with Gasteiger partial charge in [-0.15, -0.1) is 10.2 Å². The maximum Gasteiger partial charge on any atom is 0.296 e. The monoisotopic (exact) mass is 401 g/mol. The lowest BCUT2D eigenvalue weighted by atomic mass is 10.1. The molecule has 144 valence electrons. The van der Waals surface area contributed by atoms with Crippen LogP contribution in [-0.4, -0.2) is 23.0 Å². The number of rotatable bonds is 5. The van der Waals surface area contributed by atoms with E-state index in [0.29, 0.717) is 6.42 Å². The lowest BCUT2D eigenvalue weighted by Crippen LogP contribution is -1.99. The number of phenols is 1. The van der Waals surface area contributed by atoms with E-state index in [-0.39, 0.29) is 27.8 Å². The van der Waals surface area contributed by atoms with Crippen LogP contribution in [0.4, 0.5) is 17.1 Å². The molecule has 3 aromatic rings. The van der Waals surface area contributed by atoms with Crippen molar-refractivity contribution in [2.24, 2.45) is 10.2 Å². The second kappa shape index (κ2) is 7.33. The highest BCUT2D eigenvalue weighted by molar-refractivity contribution is 7.86. The molecule has 0 unspecified atom stereocenters. The molecule has 0 fully saturated rings. The summed E-state index contributed by atoms with van der Waals surface area (Å²) >= 11 is 0. The number of nitrogens with zero attached hydrogens (tertiary/aromatic N) is 3. The lowest BCUT2D eigenvalue weighted by molar-refractivity contribution is -0.384. The van der Waals surface area contributed by atoms with Crippen molar-refractivity contribution in [1.29, 1.82) is 0 Å². The molecule has 0 aliphatic carbocycles. The van der Waals surface area contributed by atoms with Gasteiger partial charge < -0.3 is 5.11 Å². The van der Waals surface area contributed by atoms with Gasteiger partial charge in [-0.25, -0.2) is 0 Å². The molecule has 9 nitrogen and oxygen atoms in total. The predicted octanol–water partition coefficient (Wildman–Crippen LogP) is 4.68. The van der Waals surface area contributed by atoms with Gasteiger partial charge in [0.25, 0.3) is 15.8 Å². The number of nitro benzene ring substituents is 1. The van der Waals surface area contributed by atoms with Gasteiger partial charge in [-0.1, -0.05) is 37.3 Å². The first-order valence-corrected chi connectivity index (χ1v) is 9.57. The molecular weight excluding hydrogens is 386 g/mol. The fourth-order valence-corrected chi connectivity index (χ4v) is 3.47. The third kappa shape index (κ3) is 3.68. The quantitative estimate of drug-likeness (QED) is 0.275. The molecule has 3 rings (SSSR count). The molecule has 0 saturated heterocycles. The smallest absolute Gasteiger partial charge is 0.296 e. The Morgan fingerprint density at radius 2 is 1.75 bits per heavy atom. The minimum absolute atomic E-state index is 0.00619. The van der Waals surface area contributed by atoms with Gasteiger partial charge in [0.15, 0.2) is 5.69 Å². The van der Waals surface area contributed by atoms with E-state index in [9.17, 15) is 28.2 Å². The van der Waals surface area contributed by atoms with Crippen molar-refractivity contribution in [2.45, 2.75) is 18.2 Å². The van der Waals surface area contributed by atoms with Gasteiger partial charge in [-0.3, -0.25) is 14.7 Å². The summed E-state index contributed by atoms with van der Waals surface area (Å²) in [6, 6.07) is 11.4. The maximum absolute atomic E-state index is 11.6. The Bertz CT molecular complexity index is 1220. The van der Waals surface area contributed by atoms with Crippen LogP contribution in [-0.2, 0) is 16.5 Å². The van der Waals surface area contributed by atoms with Crippen LogP contribution in [0.1, 0.15) is 12.5 Å².